The minimum atomic E-state index is 0.0965. The van der Waals surface area contributed by atoms with Crippen molar-refractivity contribution in [3.8, 4) is 0 Å². The third-order valence-electron chi connectivity index (χ3n) is 5.71. The molecule has 2 nitrogen and oxygen atoms in total. The van der Waals surface area contributed by atoms with E-state index in [4.69, 9.17) is 5.73 Å². The Hall–Kier alpha value is -0.0800. The second-order valence-corrected chi connectivity index (χ2v) is 8.83. The molecule has 0 amide bonds. The highest BCUT2D eigenvalue weighted by Gasteiger charge is 2.34. The monoisotopic (exact) mass is 280 g/mol. The van der Waals surface area contributed by atoms with E-state index in [0.29, 0.717) is 5.41 Å². The molecule has 0 aromatic rings. The summed E-state index contributed by atoms with van der Waals surface area (Å²) in [6, 6.07) is 0. The van der Waals surface area contributed by atoms with Gasteiger partial charge in [0, 0.05) is 12.1 Å². The molecule has 0 aromatic heterocycles. The molecule has 3 atom stereocenters. The van der Waals surface area contributed by atoms with E-state index in [2.05, 4.69) is 32.6 Å². The molecule has 0 radical (unpaired) electrons. The van der Waals surface area contributed by atoms with Crippen LogP contribution >= 0.6 is 0 Å². The van der Waals surface area contributed by atoms with E-state index in [1.54, 1.807) is 0 Å². The van der Waals surface area contributed by atoms with E-state index >= 15 is 0 Å². The van der Waals surface area contributed by atoms with Crippen LogP contribution in [0.15, 0.2) is 0 Å². The molecular weight excluding hydrogens is 244 g/mol. The van der Waals surface area contributed by atoms with Crippen molar-refractivity contribution in [1.82, 2.24) is 4.90 Å². The third-order valence-corrected chi connectivity index (χ3v) is 5.71. The fourth-order valence-corrected chi connectivity index (χ4v) is 4.47. The second kappa shape index (κ2) is 6.36. The zero-order valence-electron chi connectivity index (χ0n) is 14.3. The average molecular weight is 281 g/mol. The van der Waals surface area contributed by atoms with E-state index in [1.807, 2.05) is 0 Å². The van der Waals surface area contributed by atoms with Crippen LogP contribution in [-0.2, 0) is 0 Å². The van der Waals surface area contributed by atoms with Crippen LogP contribution in [-0.4, -0.2) is 30.1 Å². The Labute approximate surface area is 126 Å². The van der Waals surface area contributed by atoms with Crippen molar-refractivity contribution in [3.05, 3.63) is 0 Å². The van der Waals surface area contributed by atoms with Gasteiger partial charge in [0.25, 0.3) is 0 Å². The van der Waals surface area contributed by atoms with Gasteiger partial charge in [0.05, 0.1) is 0 Å². The number of nitrogens with zero attached hydrogens (tertiary/aromatic N) is 1. The summed E-state index contributed by atoms with van der Waals surface area (Å²) >= 11 is 0. The molecule has 2 aliphatic rings. The predicted octanol–water partition coefficient (Wildman–Crippen LogP) is 4.04. The summed E-state index contributed by atoms with van der Waals surface area (Å²) < 4.78 is 0. The van der Waals surface area contributed by atoms with Crippen molar-refractivity contribution in [2.45, 2.75) is 78.2 Å². The number of hydrogen-bond acceptors (Lipinski definition) is 2. The topological polar surface area (TPSA) is 29.3 Å². The fourth-order valence-electron chi connectivity index (χ4n) is 4.47. The molecule has 1 aliphatic heterocycles. The zero-order valence-corrected chi connectivity index (χ0v) is 14.3. The van der Waals surface area contributed by atoms with Gasteiger partial charge in [0.2, 0.25) is 0 Å². The van der Waals surface area contributed by atoms with Gasteiger partial charge >= 0.3 is 0 Å². The number of likely N-dealkylation sites (tertiary alicyclic amines) is 1. The molecule has 1 aliphatic carbocycles. The first-order chi connectivity index (χ1) is 9.28. The summed E-state index contributed by atoms with van der Waals surface area (Å²) in [5.74, 6) is 1.70. The van der Waals surface area contributed by atoms with Crippen LogP contribution in [0.25, 0.3) is 0 Å². The molecule has 1 saturated carbocycles. The number of hydrogen-bond donors (Lipinski definition) is 1. The lowest BCUT2D eigenvalue weighted by Crippen LogP contribution is -2.53. The minimum absolute atomic E-state index is 0.0965. The van der Waals surface area contributed by atoms with Crippen LogP contribution < -0.4 is 5.73 Å². The largest absolute Gasteiger partial charge is 0.324 e. The summed E-state index contributed by atoms with van der Waals surface area (Å²) in [4.78, 5) is 2.67. The maximum Gasteiger partial charge on any atom is 0.0285 e. The lowest BCUT2D eigenvalue weighted by atomic mass is 9.76. The summed E-state index contributed by atoms with van der Waals surface area (Å²) in [6.07, 6.45) is 9.28. The van der Waals surface area contributed by atoms with Gasteiger partial charge in [-0.3, -0.25) is 0 Å². The van der Waals surface area contributed by atoms with E-state index < -0.39 is 0 Å². The van der Waals surface area contributed by atoms with Gasteiger partial charge in [-0.2, -0.15) is 0 Å². The Morgan fingerprint density at radius 1 is 1.10 bits per heavy atom. The van der Waals surface area contributed by atoms with Crippen molar-refractivity contribution in [2.24, 2.45) is 23.0 Å². The molecule has 0 aromatic carbocycles. The first-order valence-electron chi connectivity index (χ1n) is 8.80. The molecule has 2 N–H and O–H groups in total. The molecule has 2 rings (SSSR count). The van der Waals surface area contributed by atoms with Gasteiger partial charge in [0.1, 0.15) is 0 Å². The fraction of sp³-hybridized carbons (Fsp3) is 1.00. The lowest BCUT2D eigenvalue weighted by Gasteiger charge is -2.40. The van der Waals surface area contributed by atoms with Crippen LogP contribution in [0, 0.1) is 17.3 Å². The Kier molecular flexibility index (Phi) is 5.18. The molecule has 0 spiro atoms. The van der Waals surface area contributed by atoms with Crippen LogP contribution in [0.3, 0.4) is 0 Å². The molecule has 3 unspecified atom stereocenters. The Morgan fingerprint density at radius 2 is 1.85 bits per heavy atom. The van der Waals surface area contributed by atoms with Gasteiger partial charge in [-0.15, -0.1) is 0 Å². The highest BCUT2D eigenvalue weighted by atomic mass is 15.1. The Morgan fingerprint density at radius 3 is 2.50 bits per heavy atom. The first kappa shape index (κ1) is 16.3. The van der Waals surface area contributed by atoms with Crippen molar-refractivity contribution in [2.75, 3.05) is 19.6 Å². The number of nitrogens with two attached hydrogens (primary N) is 1. The van der Waals surface area contributed by atoms with Gasteiger partial charge in [-0.25, -0.2) is 0 Å². The summed E-state index contributed by atoms with van der Waals surface area (Å²) in [5.41, 5.74) is 7.27. The highest BCUT2D eigenvalue weighted by Crippen LogP contribution is 2.36. The summed E-state index contributed by atoms with van der Waals surface area (Å²) in [5, 5.41) is 0. The van der Waals surface area contributed by atoms with Crippen LogP contribution in [0.5, 0.6) is 0 Å². The molecule has 0 bridgehead atoms. The van der Waals surface area contributed by atoms with E-state index in [1.165, 1.54) is 58.0 Å². The summed E-state index contributed by atoms with van der Waals surface area (Å²) in [6.45, 7) is 13.2. The quantitative estimate of drug-likeness (QED) is 0.827. The molecule has 1 saturated heterocycles. The first-order valence-corrected chi connectivity index (χ1v) is 8.80. The van der Waals surface area contributed by atoms with Crippen molar-refractivity contribution in [1.29, 1.82) is 0 Å². The second-order valence-electron chi connectivity index (χ2n) is 8.83. The van der Waals surface area contributed by atoms with Gasteiger partial charge in [-0.1, -0.05) is 40.5 Å². The normalized spacial score (nSPS) is 37.6. The van der Waals surface area contributed by atoms with E-state index in [-0.39, 0.29) is 5.54 Å². The van der Waals surface area contributed by atoms with Crippen LogP contribution in [0.2, 0.25) is 0 Å². The molecule has 118 valence electrons. The predicted molar refractivity (Wildman–Crippen MR) is 87.8 cm³/mol. The van der Waals surface area contributed by atoms with E-state index in [0.717, 1.165) is 18.4 Å². The van der Waals surface area contributed by atoms with Gasteiger partial charge < -0.3 is 10.6 Å². The standard InChI is InChI=1S/C18H36N2/c1-15-7-5-10-18(19,13-15)14-20-11-6-8-16(9-12-20)17(2,3)4/h15-16H,5-14,19H2,1-4H3. The lowest BCUT2D eigenvalue weighted by molar-refractivity contribution is 0.147. The SMILES string of the molecule is CC1CCCC(N)(CN2CCCC(C(C)(C)C)CC2)C1. The van der Waals surface area contributed by atoms with E-state index in [9.17, 15) is 0 Å². The average Bonchev–Trinajstić information content (AvgIpc) is 2.53. The zero-order chi connectivity index (χ0) is 14.8. The van der Waals surface area contributed by atoms with Crippen molar-refractivity contribution < 1.29 is 0 Å². The molecule has 2 fully saturated rings. The Balaban J connectivity index is 1.88. The van der Waals surface area contributed by atoms with Gasteiger partial charge in [0.15, 0.2) is 0 Å². The van der Waals surface area contributed by atoms with Crippen LogP contribution in [0.1, 0.15) is 72.6 Å². The highest BCUT2D eigenvalue weighted by molar-refractivity contribution is 4.93. The Bertz CT molecular complexity index is 307. The molecule has 20 heavy (non-hydrogen) atoms. The molecular formula is C18H36N2. The minimum Gasteiger partial charge on any atom is -0.324 e. The van der Waals surface area contributed by atoms with Crippen molar-refractivity contribution in [3.63, 3.8) is 0 Å². The number of rotatable bonds is 2. The molecule has 1 heterocycles. The van der Waals surface area contributed by atoms with Crippen LogP contribution in [0.4, 0.5) is 0 Å². The summed E-state index contributed by atoms with van der Waals surface area (Å²) in [7, 11) is 0. The maximum atomic E-state index is 6.71. The third kappa shape index (κ3) is 4.46. The van der Waals surface area contributed by atoms with Gasteiger partial charge in [-0.05, 0) is 62.4 Å². The maximum absolute atomic E-state index is 6.71. The smallest absolute Gasteiger partial charge is 0.0285 e. The van der Waals surface area contributed by atoms with Crippen molar-refractivity contribution >= 4 is 0 Å². The molecule has 2 heteroatoms.